The minimum Gasteiger partial charge on any atom is -0.238 e. The molecule has 0 spiro atoms. The zero-order chi connectivity index (χ0) is 10.0. The van der Waals surface area contributed by atoms with Gasteiger partial charge in [0.25, 0.3) is 6.43 Å². The van der Waals surface area contributed by atoms with E-state index in [1.165, 1.54) is 0 Å². The van der Waals surface area contributed by atoms with Gasteiger partial charge in [-0.2, -0.15) is 5.26 Å². The number of nitriles is 1. The van der Waals surface area contributed by atoms with Crippen molar-refractivity contribution in [3.63, 3.8) is 0 Å². The Hall–Kier alpha value is -0.730. The third kappa shape index (κ3) is 2.14. The highest BCUT2D eigenvalue weighted by Crippen LogP contribution is 2.28. The summed E-state index contributed by atoms with van der Waals surface area (Å²) in [5.41, 5.74) is -0.480. The molecule has 6 heteroatoms. The van der Waals surface area contributed by atoms with Crippen molar-refractivity contribution in [3.05, 3.63) is 26.9 Å². The van der Waals surface area contributed by atoms with Crippen molar-refractivity contribution in [2.45, 2.75) is 6.43 Å². The average Bonchev–Trinajstić information content (AvgIpc) is 2.09. The summed E-state index contributed by atoms with van der Waals surface area (Å²) in [4.78, 5) is 3.46. The van der Waals surface area contributed by atoms with Crippen LogP contribution in [-0.2, 0) is 0 Å². The van der Waals surface area contributed by atoms with Crippen LogP contribution >= 0.6 is 27.5 Å². The van der Waals surface area contributed by atoms with Gasteiger partial charge >= 0.3 is 0 Å². The van der Waals surface area contributed by atoms with Crippen molar-refractivity contribution in [1.29, 1.82) is 5.26 Å². The molecule has 0 saturated heterocycles. The molecule has 0 aromatic carbocycles. The fourth-order valence-electron chi connectivity index (χ4n) is 0.710. The monoisotopic (exact) mass is 266 g/mol. The van der Waals surface area contributed by atoms with Gasteiger partial charge in [0.15, 0.2) is 0 Å². The molecular weight excluding hydrogens is 265 g/mol. The second kappa shape index (κ2) is 3.99. The molecule has 1 aromatic rings. The molecular formula is C7H2BrClF2N2. The van der Waals surface area contributed by atoms with E-state index in [-0.39, 0.29) is 15.2 Å². The number of rotatable bonds is 1. The van der Waals surface area contributed by atoms with Gasteiger partial charge in [-0.15, -0.1) is 0 Å². The lowest BCUT2D eigenvalue weighted by atomic mass is 10.2. The SMILES string of the molecule is N#Cc1cc(C(F)F)nc(Br)c1Cl. The summed E-state index contributed by atoms with van der Waals surface area (Å²) in [7, 11) is 0. The maximum absolute atomic E-state index is 12.2. The van der Waals surface area contributed by atoms with Gasteiger partial charge in [0.2, 0.25) is 0 Å². The lowest BCUT2D eigenvalue weighted by Crippen LogP contribution is -1.93. The Bertz CT molecular complexity index is 375. The average molecular weight is 267 g/mol. The molecule has 68 valence electrons. The molecule has 1 heterocycles. The largest absolute Gasteiger partial charge is 0.280 e. The van der Waals surface area contributed by atoms with Gasteiger partial charge in [-0.1, -0.05) is 11.6 Å². The van der Waals surface area contributed by atoms with Crippen molar-refractivity contribution < 1.29 is 8.78 Å². The van der Waals surface area contributed by atoms with E-state index in [1.807, 2.05) is 0 Å². The van der Waals surface area contributed by atoms with E-state index in [2.05, 4.69) is 20.9 Å². The summed E-state index contributed by atoms with van der Waals surface area (Å²) in [6.07, 6.45) is -2.71. The van der Waals surface area contributed by atoms with Crippen LogP contribution in [-0.4, -0.2) is 4.98 Å². The van der Waals surface area contributed by atoms with Gasteiger partial charge < -0.3 is 0 Å². The van der Waals surface area contributed by atoms with Crippen LogP contribution in [0.15, 0.2) is 10.7 Å². The molecule has 1 rings (SSSR count). The van der Waals surface area contributed by atoms with Crippen molar-refractivity contribution in [1.82, 2.24) is 4.98 Å². The van der Waals surface area contributed by atoms with Gasteiger partial charge in [0.1, 0.15) is 16.4 Å². The first-order valence-electron chi connectivity index (χ1n) is 3.10. The maximum Gasteiger partial charge on any atom is 0.280 e. The maximum atomic E-state index is 12.2. The summed E-state index contributed by atoms with van der Waals surface area (Å²) >= 11 is 8.47. The molecule has 0 bridgehead atoms. The zero-order valence-corrected chi connectivity index (χ0v) is 8.40. The lowest BCUT2D eigenvalue weighted by Gasteiger charge is -2.02. The number of nitrogens with zero attached hydrogens (tertiary/aromatic N) is 2. The lowest BCUT2D eigenvalue weighted by molar-refractivity contribution is 0.146. The number of halogens is 4. The van der Waals surface area contributed by atoms with Crippen LogP contribution in [0.25, 0.3) is 0 Å². The molecule has 13 heavy (non-hydrogen) atoms. The van der Waals surface area contributed by atoms with Gasteiger partial charge in [-0.05, 0) is 22.0 Å². The molecule has 0 atom stereocenters. The van der Waals surface area contributed by atoms with Crippen LogP contribution in [0.1, 0.15) is 17.7 Å². The minimum atomic E-state index is -2.71. The van der Waals surface area contributed by atoms with E-state index in [0.717, 1.165) is 6.07 Å². The highest BCUT2D eigenvalue weighted by atomic mass is 79.9. The summed E-state index contributed by atoms with van der Waals surface area (Å²) in [6.45, 7) is 0. The van der Waals surface area contributed by atoms with E-state index < -0.39 is 12.1 Å². The van der Waals surface area contributed by atoms with Gasteiger partial charge in [0.05, 0.1) is 10.6 Å². The molecule has 1 aromatic heterocycles. The molecule has 0 aliphatic rings. The van der Waals surface area contributed by atoms with Crippen LogP contribution in [0.5, 0.6) is 0 Å². The standard InChI is InChI=1S/C7H2BrClF2N2/c8-6-5(9)3(2-12)1-4(13-6)7(10)11/h1,7H. The Labute approximate surface area is 86.3 Å². The first kappa shape index (κ1) is 10.4. The highest BCUT2D eigenvalue weighted by Gasteiger charge is 2.14. The van der Waals surface area contributed by atoms with Crippen LogP contribution in [0, 0.1) is 11.3 Å². The van der Waals surface area contributed by atoms with Crippen molar-refractivity contribution in [2.75, 3.05) is 0 Å². The van der Waals surface area contributed by atoms with Crippen LogP contribution in [0.2, 0.25) is 5.02 Å². The normalized spacial score (nSPS) is 10.2. The molecule has 0 unspecified atom stereocenters. The van der Waals surface area contributed by atoms with Gasteiger partial charge in [0, 0.05) is 0 Å². The third-order valence-corrected chi connectivity index (χ3v) is 2.47. The Kier molecular flexibility index (Phi) is 3.17. The number of alkyl halides is 2. The molecule has 0 aliphatic carbocycles. The van der Waals surface area contributed by atoms with Crippen LogP contribution in [0.3, 0.4) is 0 Å². The Balaban J connectivity index is 3.32. The molecule has 0 aliphatic heterocycles. The first-order chi connectivity index (χ1) is 6.06. The van der Waals surface area contributed by atoms with E-state index in [0.29, 0.717) is 0 Å². The van der Waals surface area contributed by atoms with Crippen LogP contribution < -0.4 is 0 Å². The van der Waals surface area contributed by atoms with Crippen molar-refractivity contribution >= 4 is 27.5 Å². The molecule has 0 radical (unpaired) electrons. The second-order valence-electron chi connectivity index (χ2n) is 2.11. The summed E-state index contributed by atoms with van der Waals surface area (Å²) in [5, 5.41) is 8.57. The first-order valence-corrected chi connectivity index (χ1v) is 4.27. The smallest absolute Gasteiger partial charge is 0.238 e. The van der Waals surface area contributed by atoms with Gasteiger partial charge in [-0.3, -0.25) is 0 Å². The summed E-state index contributed by atoms with van der Waals surface area (Å²) in [5.74, 6) is 0. The second-order valence-corrected chi connectivity index (χ2v) is 3.24. The molecule has 0 fully saturated rings. The van der Waals surface area contributed by atoms with E-state index in [4.69, 9.17) is 16.9 Å². The predicted octanol–water partition coefficient (Wildman–Crippen LogP) is 3.31. The quantitative estimate of drug-likeness (QED) is 0.732. The predicted molar refractivity (Wildman–Crippen MR) is 46.6 cm³/mol. The Morgan fingerprint density at radius 3 is 2.69 bits per heavy atom. The van der Waals surface area contributed by atoms with E-state index in [1.54, 1.807) is 6.07 Å². The van der Waals surface area contributed by atoms with Crippen molar-refractivity contribution in [2.24, 2.45) is 0 Å². The van der Waals surface area contributed by atoms with E-state index >= 15 is 0 Å². The number of hydrogen-bond acceptors (Lipinski definition) is 2. The molecule has 0 N–H and O–H groups in total. The molecule has 2 nitrogen and oxygen atoms in total. The Morgan fingerprint density at radius 2 is 2.23 bits per heavy atom. The van der Waals surface area contributed by atoms with Crippen LogP contribution in [0.4, 0.5) is 8.78 Å². The minimum absolute atomic E-state index is 0.0150. The summed E-state index contributed by atoms with van der Waals surface area (Å²) in [6, 6.07) is 2.67. The number of pyridine rings is 1. The Morgan fingerprint density at radius 1 is 1.62 bits per heavy atom. The summed E-state index contributed by atoms with van der Waals surface area (Å²) < 4.78 is 24.4. The fourth-order valence-corrected chi connectivity index (χ4v) is 1.27. The van der Waals surface area contributed by atoms with Gasteiger partial charge in [-0.25, -0.2) is 13.8 Å². The topological polar surface area (TPSA) is 36.7 Å². The van der Waals surface area contributed by atoms with Crippen molar-refractivity contribution in [3.8, 4) is 6.07 Å². The van der Waals surface area contributed by atoms with E-state index in [9.17, 15) is 8.78 Å². The molecule has 0 saturated carbocycles. The highest BCUT2D eigenvalue weighted by molar-refractivity contribution is 9.10. The number of hydrogen-bond donors (Lipinski definition) is 0. The fraction of sp³-hybridized carbons (Fsp3) is 0.143. The zero-order valence-electron chi connectivity index (χ0n) is 6.06. The molecule has 0 amide bonds. The third-order valence-electron chi connectivity index (χ3n) is 1.28. The number of aromatic nitrogens is 1.